The van der Waals surface area contributed by atoms with Crippen LogP contribution in [0.4, 0.5) is 14.9 Å². The van der Waals surface area contributed by atoms with Crippen molar-refractivity contribution in [2.45, 2.75) is 26.3 Å². The number of nitrogens with one attached hydrogen (secondary N) is 2. The van der Waals surface area contributed by atoms with Crippen molar-refractivity contribution in [3.63, 3.8) is 0 Å². The minimum Gasteiger partial charge on any atom is -0.497 e. The van der Waals surface area contributed by atoms with E-state index in [-0.39, 0.29) is 23.5 Å². The molecule has 0 radical (unpaired) electrons. The lowest BCUT2D eigenvalue weighted by molar-refractivity contribution is -0.132. The molecule has 2 aromatic carbocycles. The van der Waals surface area contributed by atoms with Gasteiger partial charge < -0.3 is 20.3 Å². The van der Waals surface area contributed by atoms with Crippen LogP contribution in [-0.2, 0) is 11.3 Å². The number of hydrogen-bond donors (Lipinski definition) is 2. The second-order valence-corrected chi connectivity index (χ2v) is 8.09. The maximum absolute atomic E-state index is 13.3. The molecule has 1 aliphatic heterocycles. The zero-order chi connectivity index (χ0) is 21.7. The summed E-state index contributed by atoms with van der Waals surface area (Å²) in [5.74, 6) is 0.0786. The molecule has 1 heterocycles. The van der Waals surface area contributed by atoms with E-state index in [2.05, 4.69) is 10.6 Å². The number of nitrogens with zero attached hydrogens (tertiary/aromatic N) is 1. The Kier molecular flexibility index (Phi) is 6.82. The Morgan fingerprint density at radius 1 is 1.27 bits per heavy atom. The number of amides is 3. The number of piperidine rings is 1. The van der Waals surface area contributed by atoms with E-state index in [4.69, 9.17) is 16.3 Å². The highest BCUT2D eigenvalue weighted by Gasteiger charge is 2.39. The van der Waals surface area contributed by atoms with Crippen molar-refractivity contribution in [2.24, 2.45) is 5.41 Å². The molecule has 3 amide bonds. The number of halogens is 2. The summed E-state index contributed by atoms with van der Waals surface area (Å²) in [7, 11) is 1.60. The fourth-order valence-corrected chi connectivity index (χ4v) is 3.73. The second-order valence-electron chi connectivity index (χ2n) is 7.68. The quantitative estimate of drug-likeness (QED) is 0.732. The van der Waals surface area contributed by atoms with E-state index in [1.165, 1.54) is 18.2 Å². The number of carbonyl (C=O) groups excluding carboxylic acids is 2. The number of carbonyl (C=O) groups is 2. The first kappa shape index (κ1) is 21.9. The first-order valence-electron chi connectivity index (χ1n) is 9.73. The summed E-state index contributed by atoms with van der Waals surface area (Å²) < 4.78 is 18.5. The van der Waals surface area contributed by atoms with E-state index in [1.807, 2.05) is 31.2 Å². The van der Waals surface area contributed by atoms with Gasteiger partial charge in [0, 0.05) is 25.3 Å². The Morgan fingerprint density at radius 2 is 2.07 bits per heavy atom. The van der Waals surface area contributed by atoms with Gasteiger partial charge in [0.25, 0.3) is 0 Å². The van der Waals surface area contributed by atoms with Crippen LogP contribution >= 0.6 is 11.6 Å². The van der Waals surface area contributed by atoms with Gasteiger partial charge in [-0.3, -0.25) is 4.79 Å². The van der Waals surface area contributed by atoms with Crippen LogP contribution in [0.25, 0.3) is 0 Å². The molecular formula is C22H25ClFN3O3. The van der Waals surface area contributed by atoms with E-state index in [9.17, 15) is 14.0 Å². The van der Waals surface area contributed by atoms with Gasteiger partial charge in [-0.2, -0.15) is 0 Å². The molecule has 0 bridgehead atoms. The molecule has 2 N–H and O–H groups in total. The summed E-state index contributed by atoms with van der Waals surface area (Å²) in [6.07, 6.45) is 1.39. The minimum absolute atomic E-state index is 0.0618. The molecule has 8 heteroatoms. The van der Waals surface area contributed by atoms with Gasteiger partial charge in [-0.1, -0.05) is 23.7 Å². The van der Waals surface area contributed by atoms with E-state index >= 15 is 0 Å². The van der Waals surface area contributed by atoms with Crippen molar-refractivity contribution < 1.29 is 18.7 Å². The van der Waals surface area contributed by atoms with Gasteiger partial charge in [-0.05, 0) is 55.7 Å². The van der Waals surface area contributed by atoms with Crippen LogP contribution < -0.4 is 15.4 Å². The second kappa shape index (κ2) is 9.34. The summed E-state index contributed by atoms with van der Waals surface area (Å²) >= 11 is 5.77. The molecular weight excluding hydrogens is 409 g/mol. The van der Waals surface area contributed by atoms with Crippen LogP contribution in [0.1, 0.15) is 25.3 Å². The lowest BCUT2D eigenvalue weighted by atomic mass is 9.81. The fraction of sp³-hybridized carbons (Fsp3) is 0.364. The average molecular weight is 434 g/mol. The molecule has 2 aromatic rings. The third-order valence-electron chi connectivity index (χ3n) is 5.29. The van der Waals surface area contributed by atoms with Gasteiger partial charge in [-0.25, -0.2) is 9.18 Å². The third-order valence-corrected chi connectivity index (χ3v) is 5.58. The van der Waals surface area contributed by atoms with Gasteiger partial charge in [-0.15, -0.1) is 0 Å². The minimum atomic E-state index is -0.700. The molecule has 1 aliphatic rings. The van der Waals surface area contributed by atoms with Gasteiger partial charge in [0.1, 0.15) is 11.6 Å². The predicted octanol–water partition coefficient (Wildman–Crippen LogP) is 4.44. The Balaban J connectivity index is 1.60. The zero-order valence-corrected chi connectivity index (χ0v) is 17.8. The molecule has 6 nitrogen and oxygen atoms in total. The number of anilines is 1. The molecule has 1 atom stereocenters. The van der Waals surface area contributed by atoms with Crippen LogP contribution in [0, 0.1) is 11.2 Å². The van der Waals surface area contributed by atoms with Crippen LogP contribution in [0.5, 0.6) is 5.75 Å². The summed E-state index contributed by atoms with van der Waals surface area (Å²) in [6, 6.07) is 11.2. The highest BCUT2D eigenvalue weighted by molar-refractivity contribution is 6.31. The Morgan fingerprint density at radius 3 is 2.80 bits per heavy atom. The van der Waals surface area contributed by atoms with Gasteiger partial charge >= 0.3 is 6.03 Å². The Bertz CT molecular complexity index is 940. The largest absolute Gasteiger partial charge is 0.497 e. The Labute approximate surface area is 180 Å². The van der Waals surface area contributed by atoms with Crippen LogP contribution in [-0.4, -0.2) is 37.0 Å². The van der Waals surface area contributed by atoms with Gasteiger partial charge in [0.05, 0.1) is 17.5 Å². The number of ether oxygens (including phenoxy) is 1. The first-order valence-corrected chi connectivity index (χ1v) is 10.1. The SMILES string of the molecule is COc1cccc(CNC(=O)[C@@]2(C)CCCN(C(=O)Nc3ccc(F)c(Cl)c3)C2)c1. The highest BCUT2D eigenvalue weighted by atomic mass is 35.5. The molecule has 160 valence electrons. The molecule has 0 saturated carbocycles. The molecule has 3 rings (SSSR count). The van der Waals surface area contributed by atoms with E-state index in [0.29, 0.717) is 31.6 Å². The average Bonchev–Trinajstić information content (AvgIpc) is 2.74. The van der Waals surface area contributed by atoms with Gasteiger partial charge in [0.2, 0.25) is 5.91 Å². The maximum atomic E-state index is 13.3. The van der Waals surface area contributed by atoms with Crippen molar-refractivity contribution in [2.75, 3.05) is 25.5 Å². The van der Waals surface area contributed by atoms with E-state index in [1.54, 1.807) is 12.0 Å². The lowest BCUT2D eigenvalue weighted by Gasteiger charge is -2.39. The lowest BCUT2D eigenvalue weighted by Crippen LogP contribution is -2.52. The first-order chi connectivity index (χ1) is 14.3. The number of hydrogen-bond acceptors (Lipinski definition) is 3. The molecule has 1 fully saturated rings. The number of likely N-dealkylation sites (tertiary alicyclic amines) is 1. The third kappa shape index (κ3) is 5.21. The molecule has 0 aromatic heterocycles. The van der Waals surface area contributed by atoms with Crippen LogP contribution in [0.3, 0.4) is 0 Å². The summed E-state index contributed by atoms with van der Waals surface area (Å²) in [5.41, 5.74) is 0.639. The van der Waals surface area contributed by atoms with Crippen molar-refractivity contribution in [3.8, 4) is 5.75 Å². The number of rotatable bonds is 5. The highest BCUT2D eigenvalue weighted by Crippen LogP contribution is 2.30. The van der Waals surface area contributed by atoms with Crippen LogP contribution in [0.15, 0.2) is 42.5 Å². The molecule has 1 saturated heterocycles. The monoisotopic (exact) mass is 433 g/mol. The Hall–Kier alpha value is -2.80. The number of urea groups is 1. The fourth-order valence-electron chi connectivity index (χ4n) is 3.55. The predicted molar refractivity (Wildman–Crippen MR) is 114 cm³/mol. The molecule has 0 spiro atoms. The van der Waals surface area contributed by atoms with E-state index in [0.717, 1.165) is 11.3 Å². The van der Waals surface area contributed by atoms with Crippen molar-refractivity contribution in [1.29, 1.82) is 0 Å². The standard InChI is InChI=1S/C22H25ClFN3O3/c1-22(20(28)25-13-15-5-3-6-17(11-15)30-2)9-4-10-27(14-22)21(29)26-16-7-8-19(24)18(23)12-16/h3,5-8,11-12H,4,9-10,13-14H2,1-2H3,(H,25,28)(H,26,29)/t22-/m0/s1. The van der Waals surface area contributed by atoms with Crippen molar-refractivity contribution in [1.82, 2.24) is 10.2 Å². The smallest absolute Gasteiger partial charge is 0.321 e. The molecule has 0 aliphatic carbocycles. The maximum Gasteiger partial charge on any atom is 0.321 e. The van der Waals surface area contributed by atoms with Crippen molar-refractivity contribution >= 4 is 29.2 Å². The number of benzene rings is 2. The summed E-state index contributed by atoms with van der Waals surface area (Å²) in [4.78, 5) is 27.2. The summed E-state index contributed by atoms with van der Waals surface area (Å²) in [6.45, 7) is 3.07. The summed E-state index contributed by atoms with van der Waals surface area (Å²) in [5, 5.41) is 5.63. The molecule has 0 unspecified atom stereocenters. The normalized spacial score (nSPS) is 18.6. The topological polar surface area (TPSA) is 70.7 Å². The van der Waals surface area contributed by atoms with E-state index < -0.39 is 11.2 Å². The van der Waals surface area contributed by atoms with Crippen LogP contribution in [0.2, 0.25) is 5.02 Å². The molecule has 30 heavy (non-hydrogen) atoms. The van der Waals surface area contributed by atoms with Crippen molar-refractivity contribution in [3.05, 3.63) is 58.9 Å². The zero-order valence-electron chi connectivity index (χ0n) is 17.0. The number of methoxy groups -OCH3 is 1. The van der Waals surface area contributed by atoms with Gasteiger partial charge in [0.15, 0.2) is 0 Å².